The first-order valence-corrected chi connectivity index (χ1v) is 9.05. The summed E-state index contributed by atoms with van der Waals surface area (Å²) >= 11 is 0. The van der Waals surface area contributed by atoms with Gasteiger partial charge >= 0.3 is 6.09 Å². The molecule has 1 aromatic rings. The molecule has 5 nitrogen and oxygen atoms in total. The van der Waals surface area contributed by atoms with Gasteiger partial charge in [-0.3, -0.25) is 4.90 Å². The number of nitrogens with zero attached hydrogens (tertiary/aromatic N) is 1. The number of ether oxygens (including phenoxy) is 3. The summed E-state index contributed by atoms with van der Waals surface area (Å²) in [6.07, 6.45) is 1.53. The van der Waals surface area contributed by atoms with Crippen LogP contribution in [0.4, 0.5) is 4.79 Å². The fourth-order valence-electron chi connectivity index (χ4n) is 3.50. The Morgan fingerprint density at radius 1 is 1.28 bits per heavy atom. The van der Waals surface area contributed by atoms with Gasteiger partial charge in [-0.2, -0.15) is 0 Å². The summed E-state index contributed by atoms with van der Waals surface area (Å²) in [6.45, 7) is 9.41. The molecule has 138 valence electrons. The smallest absolute Gasteiger partial charge is 0.410 e. The maximum absolute atomic E-state index is 12.7. The van der Waals surface area contributed by atoms with Gasteiger partial charge in [0.15, 0.2) is 0 Å². The van der Waals surface area contributed by atoms with Gasteiger partial charge in [0.1, 0.15) is 5.60 Å². The molecule has 2 fully saturated rings. The van der Waals surface area contributed by atoms with Crippen LogP contribution in [0.3, 0.4) is 0 Å². The molecule has 1 spiro atoms. The minimum Gasteiger partial charge on any atom is -0.444 e. The van der Waals surface area contributed by atoms with Crippen LogP contribution in [0.25, 0.3) is 0 Å². The van der Waals surface area contributed by atoms with Crippen molar-refractivity contribution in [1.29, 1.82) is 0 Å². The number of rotatable bonds is 3. The topological polar surface area (TPSA) is 48.0 Å². The lowest BCUT2D eigenvalue weighted by molar-refractivity contribution is -0.178. The molecule has 1 aliphatic heterocycles. The Kier molecular flexibility index (Phi) is 5.07. The third kappa shape index (κ3) is 4.33. The molecule has 0 N–H and O–H groups in total. The van der Waals surface area contributed by atoms with Crippen molar-refractivity contribution in [1.82, 2.24) is 4.90 Å². The van der Waals surface area contributed by atoms with E-state index in [-0.39, 0.29) is 23.8 Å². The number of carbonyl (C=O) groups is 1. The molecule has 1 saturated heterocycles. The van der Waals surface area contributed by atoms with Crippen molar-refractivity contribution < 1.29 is 19.0 Å². The summed E-state index contributed by atoms with van der Waals surface area (Å²) in [6, 6.07) is 10.2. The molecule has 1 atom stereocenters. The van der Waals surface area contributed by atoms with E-state index >= 15 is 0 Å². The molecule has 0 radical (unpaired) electrons. The van der Waals surface area contributed by atoms with Crippen molar-refractivity contribution >= 4 is 6.09 Å². The Bertz CT molecular complexity index is 589. The molecule has 5 heteroatoms. The van der Waals surface area contributed by atoms with E-state index in [0.29, 0.717) is 19.8 Å². The second kappa shape index (κ2) is 6.96. The molecule has 1 aromatic carbocycles. The third-order valence-electron chi connectivity index (χ3n) is 4.81. The minimum atomic E-state index is -0.493. The molecule has 2 aliphatic rings. The molecule has 0 bridgehead atoms. The highest BCUT2D eigenvalue weighted by Crippen LogP contribution is 2.43. The van der Waals surface area contributed by atoms with Crippen molar-refractivity contribution in [2.75, 3.05) is 13.2 Å². The summed E-state index contributed by atoms with van der Waals surface area (Å²) in [7, 11) is 0. The normalized spacial score (nSPS) is 29.4. The predicted octanol–water partition coefficient (Wildman–Crippen LogP) is 3.76. The van der Waals surface area contributed by atoms with Gasteiger partial charge in [0.2, 0.25) is 0 Å². The molecule has 1 unspecified atom stereocenters. The van der Waals surface area contributed by atoms with Crippen LogP contribution in [0.5, 0.6) is 0 Å². The fourth-order valence-corrected chi connectivity index (χ4v) is 3.50. The highest BCUT2D eigenvalue weighted by molar-refractivity contribution is 5.70. The van der Waals surface area contributed by atoms with Crippen LogP contribution in [-0.2, 0) is 20.8 Å². The van der Waals surface area contributed by atoms with E-state index in [2.05, 4.69) is 12.1 Å². The maximum atomic E-state index is 12.7. The van der Waals surface area contributed by atoms with Crippen LogP contribution in [0.1, 0.15) is 46.1 Å². The van der Waals surface area contributed by atoms with E-state index in [9.17, 15) is 4.79 Å². The van der Waals surface area contributed by atoms with Gasteiger partial charge in [-0.15, -0.1) is 0 Å². The van der Waals surface area contributed by atoms with E-state index in [1.807, 2.05) is 50.8 Å². The van der Waals surface area contributed by atoms with E-state index < -0.39 is 5.60 Å². The standard InChI is InChI=1S/C20H29NO4/c1-15-12-21(18(22)25-19(2,3)4)20(14-24-15)10-17(11-20)23-13-16-8-6-5-7-9-16/h5-9,15,17H,10-14H2,1-4H3. The van der Waals surface area contributed by atoms with Gasteiger partial charge < -0.3 is 14.2 Å². The highest BCUT2D eigenvalue weighted by atomic mass is 16.6. The van der Waals surface area contributed by atoms with Crippen LogP contribution in [0.15, 0.2) is 30.3 Å². The van der Waals surface area contributed by atoms with Gasteiger partial charge in [0.05, 0.1) is 37.5 Å². The molecule has 1 saturated carbocycles. The van der Waals surface area contributed by atoms with Gasteiger partial charge in [0.25, 0.3) is 0 Å². The number of morpholine rings is 1. The van der Waals surface area contributed by atoms with Crippen LogP contribution < -0.4 is 0 Å². The number of hydrogen-bond acceptors (Lipinski definition) is 4. The van der Waals surface area contributed by atoms with Crippen molar-refractivity contribution in [3.05, 3.63) is 35.9 Å². The fraction of sp³-hybridized carbons (Fsp3) is 0.650. The van der Waals surface area contributed by atoms with Crippen LogP contribution >= 0.6 is 0 Å². The number of benzene rings is 1. The number of hydrogen-bond donors (Lipinski definition) is 0. The van der Waals surface area contributed by atoms with Crippen molar-refractivity contribution in [3.8, 4) is 0 Å². The average molecular weight is 347 g/mol. The quantitative estimate of drug-likeness (QED) is 0.835. The monoisotopic (exact) mass is 347 g/mol. The molecule has 1 aliphatic carbocycles. The molecule has 3 rings (SSSR count). The molecule has 0 aromatic heterocycles. The molecular formula is C20H29NO4. The van der Waals surface area contributed by atoms with Crippen LogP contribution in [-0.4, -0.2) is 47.5 Å². The van der Waals surface area contributed by atoms with Gasteiger partial charge in [-0.25, -0.2) is 4.79 Å². The van der Waals surface area contributed by atoms with Crippen molar-refractivity contribution in [3.63, 3.8) is 0 Å². The summed E-state index contributed by atoms with van der Waals surface area (Å²) in [5.74, 6) is 0. The van der Waals surface area contributed by atoms with Gasteiger partial charge in [-0.05, 0) is 46.1 Å². The Labute approximate surface area is 150 Å². The zero-order valence-corrected chi connectivity index (χ0v) is 15.7. The number of amides is 1. The largest absolute Gasteiger partial charge is 0.444 e. The molecule has 1 amide bonds. The van der Waals surface area contributed by atoms with Crippen molar-refractivity contribution in [2.24, 2.45) is 0 Å². The SMILES string of the molecule is CC1CN(C(=O)OC(C)(C)C)C2(CO1)CC(OCc1ccccc1)C2. The van der Waals surface area contributed by atoms with Gasteiger partial charge in [-0.1, -0.05) is 30.3 Å². The summed E-state index contributed by atoms with van der Waals surface area (Å²) in [4.78, 5) is 14.5. The van der Waals surface area contributed by atoms with E-state index in [1.54, 1.807) is 0 Å². The zero-order valence-electron chi connectivity index (χ0n) is 15.7. The summed E-state index contributed by atoms with van der Waals surface area (Å²) < 4.78 is 17.5. The first kappa shape index (κ1) is 18.2. The Morgan fingerprint density at radius 3 is 2.60 bits per heavy atom. The number of carbonyl (C=O) groups excluding carboxylic acids is 1. The van der Waals surface area contributed by atoms with Crippen molar-refractivity contribution in [2.45, 2.75) is 70.5 Å². The van der Waals surface area contributed by atoms with E-state index in [1.165, 1.54) is 5.56 Å². The lowest BCUT2D eigenvalue weighted by Crippen LogP contribution is -2.68. The minimum absolute atomic E-state index is 0.0300. The molecular weight excluding hydrogens is 318 g/mol. The lowest BCUT2D eigenvalue weighted by atomic mass is 9.72. The highest BCUT2D eigenvalue weighted by Gasteiger charge is 2.54. The van der Waals surface area contributed by atoms with Crippen LogP contribution in [0.2, 0.25) is 0 Å². The van der Waals surface area contributed by atoms with Crippen LogP contribution in [0, 0.1) is 0 Å². The second-order valence-electron chi connectivity index (χ2n) is 8.26. The van der Waals surface area contributed by atoms with Gasteiger partial charge in [0, 0.05) is 0 Å². The maximum Gasteiger partial charge on any atom is 0.410 e. The average Bonchev–Trinajstić information content (AvgIpc) is 2.51. The van der Waals surface area contributed by atoms with E-state index in [0.717, 1.165) is 12.8 Å². The Balaban J connectivity index is 1.59. The molecule has 1 heterocycles. The predicted molar refractivity (Wildman–Crippen MR) is 95.3 cm³/mol. The molecule has 25 heavy (non-hydrogen) atoms. The third-order valence-corrected chi connectivity index (χ3v) is 4.81. The second-order valence-corrected chi connectivity index (χ2v) is 8.26. The first-order valence-electron chi connectivity index (χ1n) is 9.05. The Morgan fingerprint density at radius 2 is 1.96 bits per heavy atom. The Hall–Kier alpha value is -1.59. The summed E-state index contributed by atoms with van der Waals surface area (Å²) in [5.41, 5.74) is 0.393. The van der Waals surface area contributed by atoms with E-state index in [4.69, 9.17) is 14.2 Å². The zero-order chi connectivity index (χ0) is 18.1. The summed E-state index contributed by atoms with van der Waals surface area (Å²) in [5, 5.41) is 0. The first-order chi connectivity index (χ1) is 11.8. The lowest BCUT2D eigenvalue weighted by Gasteiger charge is -2.56.